The number of nitrogens with zero attached hydrogens (tertiary/aromatic N) is 4. The van der Waals surface area contributed by atoms with Crippen LogP contribution in [0.3, 0.4) is 0 Å². The molecule has 5 nitrogen and oxygen atoms in total. The van der Waals surface area contributed by atoms with E-state index in [2.05, 4.69) is 30.0 Å². The maximum absolute atomic E-state index is 10.0. The number of hydrogen-bond donors (Lipinski definition) is 1. The third-order valence-corrected chi connectivity index (χ3v) is 5.86. The summed E-state index contributed by atoms with van der Waals surface area (Å²) in [7, 11) is 0. The molecule has 6 heteroatoms. The highest BCUT2D eigenvalue weighted by molar-refractivity contribution is 6.31. The van der Waals surface area contributed by atoms with E-state index < -0.39 is 11.3 Å². The monoisotopic (exact) mass is 377 g/mol. The Hall–Kier alpha value is -2.78. The first kappa shape index (κ1) is 19.0. The molecule has 1 aromatic carbocycles. The summed E-state index contributed by atoms with van der Waals surface area (Å²) >= 11 is 6.47. The average Bonchev–Trinajstić information content (AvgIpc) is 2.68. The normalized spacial score (nSPS) is 24.2. The molecule has 0 aromatic heterocycles. The number of hydrogen-bond acceptors (Lipinski definition) is 5. The predicted octanol–water partition coefficient (Wildman–Crippen LogP) is 3.48. The minimum Gasteiger partial charge on any atom is -0.399 e. The van der Waals surface area contributed by atoms with Crippen LogP contribution >= 0.6 is 11.6 Å². The van der Waals surface area contributed by atoms with E-state index in [1.165, 1.54) is 0 Å². The van der Waals surface area contributed by atoms with Gasteiger partial charge in [-0.15, -0.1) is 0 Å². The van der Waals surface area contributed by atoms with Crippen molar-refractivity contribution in [1.82, 2.24) is 4.90 Å². The summed E-state index contributed by atoms with van der Waals surface area (Å²) in [4.78, 5) is 2.27. The Kier molecular flexibility index (Phi) is 5.24. The number of nitrogens with two attached hydrogens (primary N) is 1. The van der Waals surface area contributed by atoms with Gasteiger partial charge in [-0.2, -0.15) is 15.8 Å². The van der Waals surface area contributed by atoms with Gasteiger partial charge in [0.05, 0.1) is 23.4 Å². The Bertz CT molecular complexity index is 927. The van der Waals surface area contributed by atoms with Gasteiger partial charge < -0.3 is 5.73 Å². The van der Waals surface area contributed by atoms with Gasteiger partial charge in [0, 0.05) is 29.9 Å². The van der Waals surface area contributed by atoms with Crippen molar-refractivity contribution in [2.24, 2.45) is 17.1 Å². The highest BCUT2D eigenvalue weighted by Crippen LogP contribution is 2.55. The zero-order valence-corrected chi connectivity index (χ0v) is 15.9. The maximum Gasteiger partial charge on any atom is 0.191 e. The lowest BCUT2D eigenvalue weighted by Crippen LogP contribution is -2.48. The zero-order valence-electron chi connectivity index (χ0n) is 15.1. The summed E-state index contributed by atoms with van der Waals surface area (Å²) in [6.45, 7) is 4.39. The van der Waals surface area contributed by atoms with Crippen molar-refractivity contribution in [2.45, 2.75) is 19.3 Å². The molecule has 0 amide bonds. The summed E-state index contributed by atoms with van der Waals surface area (Å²) in [6.07, 6.45) is 3.01. The molecule has 1 aromatic rings. The molecule has 0 fully saturated rings. The molecule has 1 heterocycles. The third-order valence-electron chi connectivity index (χ3n) is 5.52. The van der Waals surface area contributed by atoms with Gasteiger partial charge in [0.2, 0.25) is 0 Å². The first-order valence-electron chi connectivity index (χ1n) is 8.94. The standard InChI is InChI=1S/C21H20ClN5/c1-2-8-27-9-7-14-16(10-23)20(26)21(12-24,13-25)19(17(14)11-27)15-5-3-4-6-18(15)22/h3-7,17,19H,2,8-9,11,26H2,1H3. The molecule has 136 valence electrons. The first-order valence-corrected chi connectivity index (χ1v) is 9.31. The summed E-state index contributed by atoms with van der Waals surface area (Å²) in [5.74, 6) is -0.740. The van der Waals surface area contributed by atoms with Crippen LogP contribution in [0.25, 0.3) is 0 Å². The number of nitriles is 3. The molecule has 2 atom stereocenters. The molecule has 2 N–H and O–H groups in total. The van der Waals surface area contributed by atoms with Crippen molar-refractivity contribution >= 4 is 11.6 Å². The molecular weight excluding hydrogens is 358 g/mol. The van der Waals surface area contributed by atoms with E-state index in [1.807, 2.05) is 24.3 Å². The smallest absolute Gasteiger partial charge is 0.191 e. The van der Waals surface area contributed by atoms with Crippen LogP contribution in [0.5, 0.6) is 0 Å². The number of allylic oxidation sites excluding steroid dienone is 2. The number of fused-ring (bicyclic) bond motifs is 1. The van der Waals surface area contributed by atoms with Crippen molar-refractivity contribution < 1.29 is 0 Å². The van der Waals surface area contributed by atoms with Crippen LogP contribution < -0.4 is 5.73 Å². The van der Waals surface area contributed by atoms with Crippen molar-refractivity contribution in [3.05, 3.63) is 57.8 Å². The Morgan fingerprint density at radius 2 is 1.96 bits per heavy atom. The molecule has 0 spiro atoms. The minimum absolute atomic E-state index is 0.0337. The average molecular weight is 378 g/mol. The van der Waals surface area contributed by atoms with Gasteiger partial charge in [0.15, 0.2) is 5.41 Å². The lowest BCUT2D eigenvalue weighted by molar-refractivity contribution is 0.207. The van der Waals surface area contributed by atoms with Crippen molar-refractivity contribution in [2.75, 3.05) is 19.6 Å². The molecule has 0 radical (unpaired) electrons. The van der Waals surface area contributed by atoms with E-state index in [-0.39, 0.29) is 17.2 Å². The molecule has 0 saturated carbocycles. The van der Waals surface area contributed by atoms with Crippen molar-refractivity contribution in [3.8, 4) is 18.2 Å². The van der Waals surface area contributed by atoms with Gasteiger partial charge in [0.1, 0.15) is 6.07 Å². The Morgan fingerprint density at radius 3 is 2.56 bits per heavy atom. The lowest BCUT2D eigenvalue weighted by Gasteiger charge is -2.45. The fraction of sp³-hybridized carbons (Fsp3) is 0.381. The number of halogens is 1. The van der Waals surface area contributed by atoms with E-state index in [0.717, 1.165) is 30.6 Å². The van der Waals surface area contributed by atoms with Gasteiger partial charge in [-0.25, -0.2) is 0 Å². The Balaban J connectivity index is 2.30. The highest BCUT2D eigenvalue weighted by Gasteiger charge is 2.54. The fourth-order valence-electron chi connectivity index (χ4n) is 4.31. The molecule has 3 rings (SSSR count). The van der Waals surface area contributed by atoms with Crippen LogP contribution in [0.2, 0.25) is 5.02 Å². The zero-order chi connectivity index (χ0) is 19.6. The summed E-state index contributed by atoms with van der Waals surface area (Å²) in [6, 6.07) is 13.7. The van der Waals surface area contributed by atoms with Crippen LogP contribution in [-0.2, 0) is 0 Å². The van der Waals surface area contributed by atoms with Crippen LogP contribution in [-0.4, -0.2) is 24.5 Å². The van der Waals surface area contributed by atoms with E-state index in [4.69, 9.17) is 17.3 Å². The predicted molar refractivity (Wildman–Crippen MR) is 103 cm³/mol. The highest BCUT2D eigenvalue weighted by atomic mass is 35.5. The van der Waals surface area contributed by atoms with Crippen molar-refractivity contribution in [1.29, 1.82) is 15.8 Å². The molecule has 27 heavy (non-hydrogen) atoms. The van der Waals surface area contributed by atoms with Gasteiger partial charge >= 0.3 is 0 Å². The Labute approximate surface area is 164 Å². The molecule has 2 unspecified atom stereocenters. The van der Waals surface area contributed by atoms with Gasteiger partial charge in [-0.3, -0.25) is 4.90 Å². The van der Waals surface area contributed by atoms with Crippen LogP contribution in [0.15, 0.2) is 47.2 Å². The summed E-state index contributed by atoms with van der Waals surface area (Å²) in [5.41, 5.74) is 6.50. The number of rotatable bonds is 3. The molecule has 1 aliphatic carbocycles. The fourth-order valence-corrected chi connectivity index (χ4v) is 4.56. The molecule has 2 aliphatic rings. The summed E-state index contributed by atoms with van der Waals surface area (Å²) in [5, 5.41) is 30.3. The van der Waals surface area contributed by atoms with Crippen LogP contribution in [0.1, 0.15) is 24.8 Å². The van der Waals surface area contributed by atoms with Crippen LogP contribution in [0, 0.1) is 45.3 Å². The minimum atomic E-state index is -1.63. The van der Waals surface area contributed by atoms with Gasteiger partial charge in [-0.1, -0.05) is 42.8 Å². The first-order chi connectivity index (χ1) is 13.0. The molecule has 0 bridgehead atoms. The topological polar surface area (TPSA) is 101 Å². The van der Waals surface area contributed by atoms with E-state index >= 15 is 0 Å². The van der Waals surface area contributed by atoms with E-state index in [9.17, 15) is 15.8 Å². The van der Waals surface area contributed by atoms with Gasteiger partial charge in [0.25, 0.3) is 0 Å². The molecular formula is C21H20ClN5. The number of benzene rings is 1. The SMILES string of the molecule is CCCN1CC=C2C(C#N)=C(N)C(C#N)(C#N)C(c3ccccc3Cl)C2C1. The summed E-state index contributed by atoms with van der Waals surface area (Å²) < 4.78 is 0. The lowest BCUT2D eigenvalue weighted by atomic mass is 9.58. The Morgan fingerprint density at radius 1 is 1.26 bits per heavy atom. The quantitative estimate of drug-likeness (QED) is 0.868. The second-order valence-corrected chi connectivity index (χ2v) is 7.36. The van der Waals surface area contributed by atoms with E-state index in [0.29, 0.717) is 11.6 Å². The second-order valence-electron chi connectivity index (χ2n) is 6.96. The third kappa shape index (κ3) is 2.88. The largest absolute Gasteiger partial charge is 0.399 e. The maximum atomic E-state index is 10.0. The van der Waals surface area contributed by atoms with Gasteiger partial charge in [-0.05, 0) is 30.2 Å². The van der Waals surface area contributed by atoms with Crippen molar-refractivity contribution in [3.63, 3.8) is 0 Å². The molecule has 1 aliphatic heterocycles. The second kappa shape index (κ2) is 7.45. The molecule has 0 saturated heterocycles. The van der Waals surface area contributed by atoms with Crippen LogP contribution in [0.4, 0.5) is 0 Å². The van der Waals surface area contributed by atoms with E-state index in [1.54, 1.807) is 6.07 Å².